The first-order valence-electron chi connectivity index (χ1n) is 6.81. The number of halogens is 2. The lowest BCUT2D eigenvalue weighted by Gasteiger charge is -2.07. The van der Waals surface area contributed by atoms with Gasteiger partial charge in [-0.15, -0.1) is 0 Å². The topological polar surface area (TPSA) is 44.9 Å². The molecule has 3 nitrogen and oxygen atoms in total. The Morgan fingerprint density at radius 1 is 1.18 bits per heavy atom. The highest BCUT2D eigenvalue weighted by Gasteiger charge is 2.12. The van der Waals surface area contributed by atoms with E-state index in [1.54, 1.807) is 6.07 Å². The predicted molar refractivity (Wildman–Crippen MR) is 87.1 cm³/mol. The molecule has 2 aromatic carbocycles. The number of aromatic nitrogens is 1. The van der Waals surface area contributed by atoms with Gasteiger partial charge >= 0.3 is 0 Å². The summed E-state index contributed by atoms with van der Waals surface area (Å²) in [7, 11) is 0. The van der Waals surface area contributed by atoms with Crippen molar-refractivity contribution >= 4 is 34.1 Å². The number of aromatic amines is 1. The van der Waals surface area contributed by atoms with Crippen molar-refractivity contribution in [3.8, 4) is 0 Å². The largest absolute Gasteiger partial charge is 0.358 e. The van der Waals surface area contributed by atoms with Crippen LogP contribution in [0.25, 0.3) is 10.9 Å². The summed E-state index contributed by atoms with van der Waals surface area (Å²) in [6, 6.07) is 9.31. The van der Waals surface area contributed by atoms with Crippen LogP contribution in [0.5, 0.6) is 0 Å². The second-order valence-corrected chi connectivity index (χ2v) is 5.62. The Morgan fingerprint density at radius 2 is 1.95 bits per heavy atom. The number of carbonyl (C=O) groups is 1. The van der Waals surface area contributed by atoms with Crippen molar-refractivity contribution in [1.82, 2.24) is 4.98 Å². The zero-order valence-corrected chi connectivity index (χ0v) is 12.9. The van der Waals surface area contributed by atoms with E-state index in [0.717, 1.165) is 22.2 Å². The second kappa shape index (κ2) is 5.46. The Morgan fingerprint density at radius 3 is 2.68 bits per heavy atom. The summed E-state index contributed by atoms with van der Waals surface area (Å²) >= 11 is 5.92. The van der Waals surface area contributed by atoms with Crippen LogP contribution in [0.2, 0.25) is 5.02 Å². The maximum atomic E-state index is 13.0. The van der Waals surface area contributed by atoms with Crippen LogP contribution < -0.4 is 5.32 Å². The normalized spacial score (nSPS) is 10.9. The van der Waals surface area contributed by atoms with Crippen molar-refractivity contribution < 1.29 is 9.18 Å². The Labute approximate surface area is 132 Å². The average molecular weight is 317 g/mol. The number of rotatable bonds is 2. The fraction of sp³-hybridized carbons (Fsp3) is 0.118. The van der Waals surface area contributed by atoms with Gasteiger partial charge in [-0.05, 0) is 55.8 Å². The summed E-state index contributed by atoms with van der Waals surface area (Å²) in [5.41, 5.74) is 4.09. The van der Waals surface area contributed by atoms with E-state index in [0.29, 0.717) is 11.3 Å². The quantitative estimate of drug-likeness (QED) is 0.699. The summed E-state index contributed by atoms with van der Waals surface area (Å²) < 4.78 is 13.0. The molecule has 0 unspecified atom stereocenters. The number of hydrogen-bond acceptors (Lipinski definition) is 1. The predicted octanol–water partition coefficient (Wildman–Crippen LogP) is 4.83. The summed E-state index contributed by atoms with van der Waals surface area (Å²) in [6.45, 7) is 4.00. The molecule has 0 radical (unpaired) electrons. The van der Waals surface area contributed by atoms with E-state index in [1.165, 1.54) is 18.2 Å². The number of hydrogen-bond donors (Lipinski definition) is 2. The number of aryl methyl sites for hydroxylation is 2. The van der Waals surface area contributed by atoms with Crippen LogP contribution >= 0.6 is 11.6 Å². The lowest BCUT2D eigenvalue weighted by molar-refractivity contribution is 0.102. The van der Waals surface area contributed by atoms with Crippen molar-refractivity contribution in [3.05, 3.63) is 64.1 Å². The molecule has 0 aliphatic rings. The molecule has 0 spiro atoms. The zero-order chi connectivity index (χ0) is 15.9. The third kappa shape index (κ3) is 2.57. The Kier molecular flexibility index (Phi) is 3.62. The van der Waals surface area contributed by atoms with E-state index in [-0.39, 0.29) is 10.9 Å². The second-order valence-electron chi connectivity index (χ2n) is 5.21. The molecule has 1 heterocycles. The molecule has 0 saturated heterocycles. The highest BCUT2D eigenvalue weighted by molar-refractivity contribution is 6.33. The third-order valence-corrected chi connectivity index (χ3v) is 4.06. The number of H-pyrrole nitrogens is 1. The van der Waals surface area contributed by atoms with Gasteiger partial charge in [0.2, 0.25) is 0 Å². The molecule has 0 aliphatic heterocycles. The van der Waals surface area contributed by atoms with Gasteiger partial charge in [0.1, 0.15) is 5.82 Å². The summed E-state index contributed by atoms with van der Waals surface area (Å²) in [5.74, 6) is -0.725. The molecule has 0 saturated carbocycles. The Bertz CT molecular complexity index is 886. The number of anilines is 1. The Hall–Kier alpha value is -2.33. The van der Waals surface area contributed by atoms with Crippen molar-refractivity contribution in [3.63, 3.8) is 0 Å². The van der Waals surface area contributed by atoms with Gasteiger partial charge in [-0.25, -0.2) is 4.39 Å². The number of fused-ring (bicyclic) bond motifs is 1. The van der Waals surface area contributed by atoms with Gasteiger partial charge in [0.15, 0.2) is 0 Å². The summed E-state index contributed by atoms with van der Waals surface area (Å²) in [5, 5.41) is 3.88. The molecule has 0 atom stereocenters. The number of nitrogens with one attached hydrogen (secondary N) is 2. The van der Waals surface area contributed by atoms with Gasteiger partial charge in [0.05, 0.1) is 10.7 Å². The molecular formula is C17H14ClFN2O. The molecule has 1 aromatic heterocycles. The van der Waals surface area contributed by atoms with Gasteiger partial charge in [0.25, 0.3) is 5.91 Å². The molecule has 22 heavy (non-hydrogen) atoms. The van der Waals surface area contributed by atoms with E-state index < -0.39 is 5.82 Å². The fourth-order valence-corrected chi connectivity index (χ4v) is 2.60. The third-order valence-electron chi connectivity index (χ3n) is 3.75. The van der Waals surface area contributed by atoms with Crippen molar-refractivity contribution in [1.29, 1.82) is 0 Å². The van der Waals surface area contributed by atoms with Crippen LogP contribution in [0.4, 0.5) is 10.1 Å². The SMILES string of the molecule is Cc1[nH]c2ccc(C(=O)Nc3ccc(F)cc3Cl)cc2c1C. The van der Waals surface area contributed by atoms with Crippen LogP contribution in [0, 0.1) is 19.7 Å². The van der Waals surface area contributed by atoms with Gasteiger partial charge < -0.3 is 10.3 Å². The Balaban J connectivity index is 1.93. The minimum absolute atomic E-state index is 0.170. The van der Waals surface area contributed by atoms with Crippen LogP contribution in [-0.2, 0) is 0 Å². The van der Waals surface area contributed by atoms with Gasteiger partial charge in [-0.2, -0.15) is 0 Å². The molecule has 3 aromatic rings. The average Bonchev–Trinajstić information content (AvgIpc) is 2.77. The van der Waals surface area contributed by atoms with Gasteiger partial charge in [0, 0.05) is 22.2 Å². The standard InChI is InChI=1S/C17H14ClFN2O/c1-9-10(2)20-15-5-3-11(7-13(9)15)17(22)21-16-6-4-12(19)8-14(16)18/h3-8,20H,1-2H3,(H,21,22). The molecule has 112 valence electrons. The lowest BCUT2D eigenvalue weighted by atomic mass is 10.1. The van der Waals surface area contributed by atoms with Gasteiger partial charge in [-0.1, -0.05) is 11.6 Å². The molecule has 1 amide bonds. The van der Waals surface area contributed by atoms with Crippen molar-refractivity contribution in [2.24, 2.45) is 0 Å². The van der Waals surface area contributed by atoms with E-state index >= 15 is 0 Å². The van der Waals surface area contributed by atoms with Crippen LogP contribution in [0.15, 0.2) is 36.4 Å². The van der Waals surface area contributed by atoms with Crippen LogP contribution in [0.3, 0.4) is 0 Å². The summed E-state index contributed by atoms with van der Waals surface area (Å²) in [4.78, 5) is 15.6. The van der Waals surface area contributed by atoms with Crippen molar-refractivity contribution in [2.75, 3.05) is 5.32 Å². The highest BCUT2D eigenvalue weighted by Crippen LogP contribution is 2.25. The molecule has 0 fully saturated rings. The van der Waals surface area contributed by atoms with E-state index in [2.05, 4.69) is 10.3 Å². The number of amides is 1. The van der Waals surface area contributed by atoms with E-state index in [1.807, 2.05) is 26.0 Å². The maximum absolute atomic E-state index is 13.0. The van der Waals surface area contributed by atoms with Gasteiger partial charge in [-0.3, -0.25) is 4.79 Å². The maximum Gasteiger partial charge on any atom is 0.255 e. The summed E-state index contributed by atoms with van der Waals surface area (Å²) in [6.07, 6.45) is 0. The van der Waals surface area contributed by atoms with E-state index in [9.17, 15) is 9.18 Å². The first-order valence-corrected chi connectivity index (χ1v) is 7.19. The molecule has 0 bridgehead atoms. The van der Waals surface area contributed by atoms with Crippen LogP contribution in [0.1, 0.15) is 21.6 Å². The molecule has 5 heteroatoms. The minimum Gasteiger partial charge on any atom is -0.358 e. The first-order chi connectivity index (χ1) is 10.5. The zero-order valence-electron chi connectivity index (χ0n) is 12.1. The number of carbonyl (C=O) groups excluding carboxylic acids is 1. The molecular weight excluding hydrogens is 303 g/mol. The minimum atomic E-state index is -0.442. The van der Waals surface area contributed by atoms with Crippen LogP contribution in [-0.4, -0.2) is 10.9 Å². The molecule has 2 N–H and O–H groups in total. The smallest absolute Gasteiger partial charge is 0.255 e. The van der Waals surface area contributed by atoms with Crippen molar-refractivity contribution in [2.45, 2.75) is 13.8 Å². The molecule has 3 rings (SSSR count). The molecule has 0 aliphatic carbocycles. The first kappa shape index (κ1) is 14.6. The number of benzene rings is 2. The fourth-order valence-electron chi connectivity index (χ4n) is 2.39. The lowest BCUT2D eigenvalue weighted by Crippen LogP contribution is -2.12. The monoisotopic (exact) mass is 316 g/mol. The highest BCUT2D eigenvalue weighted by atomic mass is 35.5. The van der Waals surface area contributed by atoms with E-state index in [4.69, 9.17) is 11.6 Å².